The third-order valence-corrected chi connectivity index (χ3v) is 6.51. The van der Waals surface area contributed by atoms with Crippen LogP contribution in [0.1, 0.15) is 37.8 Å². The summed E-state index contributed by atoms with van der Waals surface area (Å²) in [7, 11) is 3.62. The first-order valence-corrected chi connectivity index (χ1v) is 11.5. The van der Waals surface area contributed by atoms with Crippen molar-refractivity contribution in [1.29, 1.82) is 0 Å². The van der Waals surface area contributed by atoms with Gasteiger partial charge >= 0.3 is 0 Å². The van der Waals surface area contributed by atoms with E-state index >= 15 is 0 Å². The highest BCUT2D eigenvalue weighted by Gasteiger charge is 2.19. The van der Waals surface area contributed by atoms with Crippen molar-refractivity contribution in [3.8, 4) is 0 Å². The van der Waals surface area contributed by atoms with Crippen molar-refractivity contribution in [3.63, 3.8) is 0 Å². The molecule has 29 heavy (non-hydrogen) atoms. The molecule has 3 rings (SSSR count). The molecule has 1 aromatic heterocycles. The van der Waals surface area contributed by atoms with E-state index in [9.17, 15) is 0 Å². The number of methoxy groups -OCH3 is 1. The van der Waals surface area contributed by atoms with Crippen molar-refractivity contribution in [2.24, 2.45) is 4.99 Å². The second kappa shape index (κ2) is 13.6. The minimum atomic E-state index is 0. The van der Waals surface area contributed by atoms with Gasteiger partial charge in [-0.1, -0.05) is 0 Å². The van der Waals surface area contributed by atoms with Gasteiger partial charge in [0.1, 0.15) is 0 Å². The van der Waals surface area contributed by atoms with Gasteiger partial charge in [0.15, 0.2) is 11.1 Å². The van der Waals surface area contributed by atoms with E-state index in [1.807, 2.05) is 7.05 Å². The highest BCUT2D eigenvalue weighted by molar-refractivity contribution is 14.0. The molecule has 0 amide bonds. The van der Waals surface area contributed by atoms with E-state index in [0.717, 1.165) is 64.7 Å². The van der Waals surface area contributed by atoms with Gasteiger partial charge in [0.2, 0.25) is 0 Å². The van der Waals surface area contributed by atoms with Crippen LogP contribution in [0.15, 0.2) is 10.4 Å². The van der Waals surface area contributed by atoms with Crippen molar-refractivity contribution >= 4 is 46.4 Å². The van der Waals surface area contributed by atoms with Crippen LogP contribution in [0, 0.1) is 0 Å². The number of aliphatic imine (C=N–C) groups is 1. The Morgan fingerprint density at radius 2 is 2.03 bits per heavy atom. The molecule has 9 heteroatoms. The van der Waals surface area contributed by atoms with Crippen LogP contribution in [0.2, 0.25) is 0 Å². The van der Waals surface area contributed by atoms with Crippen LogP contribution in [0.4, 0.5) is 5.13 Å². The SMILES string of the molecule is CN=C(NCCc1csc(N2CCCC2)n1)NC1CCN(CCCOC)CC1.I. The summed E-state index contributed by atoms with van der Waals surface area (Å²) < 4.78 is 5.15. The van der Waals surface area contributed by atoms with Gasteiger partial charge < -0.3 is 25.2 Å². The Morgan fingerprint density at radius 3 is 2.72 bits per heavy atom. The van der Waals surface area contributed by atoms with Crippen LogP contribution in [-0.4, -0.2) is 81.9 Å². The summed E-state index contributed by atoms with van der Waals surface area (Å²) in [5, 5.41) is 10.4. The molecule has 2 fully saturated rings. The lowest BCUT2D eigenvalue weighted by Crippen LogP contribution is -2.49. The number of thiazole rings is 1. The molecule has 166 valence electrons. The van der Waals surface area contributed by atoms with E-state index in [1.165, 1.54) is 36.5 Å². The van der Waals surface area contributed by atoms with Gasteiger partial charge in [0.05, 0.1) is 5.69 Å². The quantitative estimate of drug-likeness (QED) is 0.219. The van der Waals surface area contributed by atoms with Gasteiger partial charge in [0, 0.05) is 77.9 Å². The third-order valence-electron chi connectivity index (χ3n) is 5.56. The molecule has 0 radical (unpaired) electrons. The lowest BCUT2D eigenvalue weighted by Gasteiger charge is -2.33. The molecule has 0 aliphatic carbocycles. The first-order valence-electron chi connectivity index (χ1n) is 10.7. The minimum Gasteiger partial charge on any atom is -0.385 e. The molecular weight excluding hydrogens is 499 g/mol. The summed E-state index contributed by atoms with van der Waals surface area (Å²) in [5.74, 6) is 0.910. The number of hydrogen-bond donors (Lipinski definition) is 2. The second-order valence-electron chi connectivity index (χ2n) is 7.67. The lowest BCUT2D eigenvalue weighted by molar-refractivity contribution is 0.155. The van der Waals surface area contributed by atoms with E-state index in [4.69, 9.17) is 9.72 Å². The topological polar surface area (TPSA) is 65.0 Å². The fraction of sp³-hybridized carbons (Fsp3) is 0.800. The smallest absolute Gasteiger partial charge is 0.191 e. The number of anilines is 1. The molecule has 2 N–H and O–H groups in total. The van der Waals surface area contributed by atoms with Crippen molar-refractivity contribution in [2.45, 2.75) is 44.6 Å². The summed E-state index contributed by atoms with van der Waals surface area (Å²) in [6.45, 7) is 7.47. The van der Waals surface area contributed by atoms with Crippen LogP contribution in [0.5, 0.6) is 0 Å². The van der Waals surface area contributed by atoms with Crippen LogP contribution < -0.4 is 15.5 Å². The van der Waals surface area contributed by atoms with Gasteiger partial charge in [-0.05, 0) is 32.1 Å². The van der Waals surface area contributed by atoms with E-state index in [2.05, 4.69) is 30.8 Å². The number of guanidine groups is 1. The maximum atomic E-state index is 5.15. The molecule has 0 aromatic carbocycles. The number of likely N-dealkylation sites (tertiary alicyclic amines) is 1. The number of aromatic nitrogens is 1. The van der Waals surface area contributed by atoms with Crippen molar-refractivity contribution in [2.75, 3.05) is 64.9 Å². The maximum absolute atomic E-state index is 5.15. The number of nitrogens with zero attached hydrogens (tertiary/aromatic N) is 4. The van der Waals surface area contributed by atoms with Crippen LogP contribution in [-0.2, 0) is 11.2 Å². The number of nitrogens with one attached hydrogen (secondary N) is 2. The van der Waals surface area contributed by atoms with Gasteiger partial charge in [-0.2, -0.15) is 0 Å². The average Bonchev–Trinajstić information content (AvgIpc) is 3.40. The number of piperidine rings is 1. The molecule has 0 unspecified atom stereocenters. The molecule has 2 aliphatic heterocycles. The Morgan fingerprint density at radius 1 is 1.28 bits per heavy atom. The molecule has 2 saturated heterocycles. The Bertz CT molecular complexity index is 600. The van der Waals surface area contributed by atoms with Gasteiger partial charge in [-0.25, -0.2) is 4.98 Å². The average molecular weight is 537 g/mol. The highest BCUT2D eigenvalue weighted by Crippen LogP contribution is 2.24. The molecule has 0 bridgehead atoms. The molecular formula is C20H37IN6OS. The van der Waals surface area contributed by atoms with Crippen molar-refractivity contribution in [3.05, 3.63) is 11.1 Å². The monoisotopic (exact) mass is 536 g/mol. The zero-order chi connectivity index (χ0) is 19.6. The zero-order valence-corrected chi connectivity index (χ0v) is 21.0. The normalized spacial score (nSPS) is 18.7. The third kappa shape index (κ3) is 8.18. The van der Waals surface area contributed by atoms with E-state index in [-0.39, 0.29) is 24.0 Å². The fourth-order valence-electron chi connectivity index (χ4n) is 3.90. The summed E-state index contributed by atoms with van der Waals surface area (Å²) in [5.41, 5.74) is 1.18. The predicted octanol–water partition coefficient (Wildman–Crippen LogP) is 2.57. The maximum Gasteiger partial charge on any atom is 0.191 e. The summed E-state index contributed by atoms with van der Waals surface area (Å²) >= 11 is 1.78. The predicted molar refractivity (Wildman–Crippen MR) is 133 cm³/mol. The first-order chi connectivity index (χ1) is 13.8. The molecule has 2 aliphatic rings. The van der Waals surface area contributed by atoms with Crippen molar-refractivity contribution in [1.82, 2.24) is 20.5 Å². The van der Waals surface area contributed by atoms with E-state index in [1.54, 1.807) is 18.4 Å². The van der Waals surface area contributed by atoms with Gasteiger partial charge in [0.25, 0.3) is 0 Å². The summed E-state index contributed by atoms with van der Waals surface area (Å²) in [6.07, 6.45) is 6.98. The molecule has 0 saturated carbocycles. The minimum absolute atomic E-state index is 0. The highest BCUT2D eigenvalue weighted by atomic mass is 127. The Kier molecular flexibility index (Phi) is 11.6. The summed E-state index contributed by atoms with van der Waals surface area (Å²) in [4.78, 5) is 14.1. The van der Waals surface area contributed by atoms with Gasteiger partial charge in [-0.15, -0.1) is 35.3 Å². The Balaban J connectivity index is 0.00000300. The van der Waals surface area contributed by atoms with Crippen LogP contribution in [0.25, 0.3) is 0 Å². The molecule has 0 atom stereocenters. The van der Waals surface area contributed by atoms with E-state index < -0.39 is 0 Å². The van der Waals surface area contributed by atoms with Crippen molar-refractivity contribution < 1.29 is 4.74 Å². The summed E-state index contributed by atoms with van der Waals surface area (Å²) in [6, 6.07) is 0.505. The molecule has 0 spiro atoms. The fourth-order valence-corrected chi connectivity index (χ4v) is 4.81. The van der Waals surface area contributed by atoms with E-state index in [0.29, 0.717) is 6.04 Å². The molecule has 3 heterocycles. The number of rotatable bonds is 9. The second-order valence-corrected chi connectivity index (χ2v) is 8.51. The van der Waals surface area contributed by atoms with Crippen LogP contribution >= 0.6 is 35.3 Å². The van der Waals surface area contributed by atoms with Crippen LogP contribution in [0.3, 0.4) is 0 Å². The number of ether oxygens (including phenoxy) is 1. The Hall–Kier alpha value is -0.650. The number of hydrogen-bond acceptors (Lipinski definition) is 6. The van der Waals surface area contributed by atoms with Gasteiger partial charge in [-0.3, -0.25) is 4.99 Å². The lowest BCUT2D eigenvalue weighted by atomic mass is 10.1. The number of halogens is 1. The molecule has 1 aromatic rings. The molecule has 7 nitrogen and oxygen atoms in total. The first kappa shape index (κ1) is 24.6. The zero-order valence-electron chi connectivity index (χ0n) is 17.9. The Labute approximate surface area is 196 Å². The standard InChI is InChI=1S/C20H36N6OS.HI/c1-21-19(23-17-7-13-25(14-8-17)10-5-15-27-2)22-9-6-18-16-28-20(24-18)26-11-3-4-12-26;/h16-17H,3-15H2,1-2H3,(H2,21,22,23);1H. The largest absolute Gasteiger partial charge is 0.385 e.